The summed E-state index contributed by atoms with van der Waals surface area (Å²) in [7, 11) is 0. The minimum atomic E-state index is -3.84. The number of ether oxygens (including phenoxy) is 3. The smallest absolute Gasteiger partial charge is 0.407 e. The first-order valence-electron chi connectivity index (χ1n) is 21.6. The maximum Gasteiger partial charge on any atom is 0.407 e. The highest BCUT2D eigenvalue weighted by molar-refractivity contribution is 5.67. The van der Waals surface area contributed by atoms with Crippen molar-refractivity contribution in [1.29, 1.82) is 0 Å². The highest BCUT2D eigenvalue weighted by Gasteiger charge is 2.60. The van der Waals surface area contributed by atoms with Gasteiger partial charge in [0.1, 0.15) is 18.5 Å². The zero-order valence-electron chi connectivity index (χ0n) is 34.6. The Kier molecular flexibility index (Phi) is 15.2. The molecule has 0 spiro atoms. The Labute approximate surface area is 346 Å². The van der Waals surface area contributed by atoms with Gasteiger partial charge in [-0.15, -0.1) is 0 Å². The Balaban J connectivity index is 0.844. The summed E-state index contributed by atoms with van der Waals surface area (Å²) < 4.78 is 46.3. The summed E-state index contributed by atoms with van der Waals surface area (Å²) in [4.78, 5) is 27.6. The van der Waals surface area contributed by atoms with E-state index in [2.05, 4.69) is 60.3 Å². The summed E-state index contributed by atoms with van der Waals surface area (Å²) in [6.07, 6.45) is 14.7. The number of aliphatic hydroxyl groups excluding tert-OH is 3. The number of hydrogen-bond donors (Lipinski definition) is 6. The quantitative estimate of drug-likeness (QED) is 0.0607. The van der Waals surface area contributed by atoms with E-state index in [1.54, 1.807) is 0 Å². The number of rotatable bonds is 18. The average molecular weight is 830 g/mol. The van der Waals surface area contributed by atoms with Crippen LogP contribution in [0.15, 0.2) is 64.7 Å². The number of carbonyl (C=O) groups is 1. The molecule has 1 aromatic heterocycles. The molecule has 0 aromatic carbocycles. The summed E-state index contributed by atoms with van der Waals surface area (Å²) in [5.74, 6) is -1.92. The molecule has 10 atom stereocenters. The van der Waals surface area contributed by atoms with Crippen LogP contribution in [-0.4, -0.2) is 93.8 Å². The maximum absolute atomic E-state index is 14.7. The molecule has 1 aliphatic heterocycles. The zero-order valence-corrected chi connectivity index (χ0v) is 34.6. The number of allylic oxidation sites excluding steroid dienone is 4. The van der Waals surface area contributed by atoms with E-state index >= 15 is 0 Å². The summed E-state index contributed by atoms with van der Waals surface area (Å²) >= 11 is 0. The number of halogens is 2. The fourth-order valence-electron chi connectivity index (χ4n) is 9.82. The third-order valence-corrected chi connectivity index (χ3v) is 13.5. The maximum atomic E-state index is 14.7. The van der Waals surface area contributed by atoms with Crippen molar-refractivity contribution < 1.29 is 43.1 Å². The molecule has 7 N–H and O–H groups in total. The Morgan fingerprint density at radius 1 is 1.15 bits per heavy atom. The van der Waals surface area contributed by atoms with Crippen LogP contribution >= 0.6 is 0 Å². The molecular formula is C44H65F2N5O8. The van der Waals surface area contributed by atoms with Crippen molar-refractivity contribution in [3.05, 3.63) is 70.3 Å². The lowest BCUT2D eigenvalue weighted by Gasteiger charge is -2.44. The van der Waals surface area contributed by atoms with Gasteiger partial charge in [-0.1, -0.05) is 63.1 Å². The number of nitrogens with two attached hydrogens (primary N) is 1. The van der Waals surface area contributed by atoms with Gasteiger partial charge in [0.2, 0.25) is 6.23 Å². The monoisotopic (exact) mass is 829 g/mol. The van der Waals surface area contributed by atoms with E-state index in [1.807, 2.05) is 0 Å². The van der Waals surface area contributed by atoms with Gasteiger partial charge in [-0.2, -0.15) is 13.8 Å². The molecule has 328 valence electrons. The van der Waals surface area contributed by atoms with Crippen molar-refractivity contribution in [3.8, 4) is 0 Å². The van der Waals surface area contributed by atoms with Gasteiger partial charge < -0.3 is 40.6 Å². The van der Waals surface area contributed by atoms with Crippen LogP contribution in [0.3, 0.4) is 0 Å². The number of aliphatic hydroxyl groups is 3. The highest BCUT2D eigenvalue weighted by atomic mass is 19.3. The van der Waals surface area contributed by atoms with Crippen LogP contribution in [0.4, 0.5) is 19.4 Å². The first kappa shape index (κ1) is 45.1. The molecule has 6 rings (SSSR count). The SMILES string of the molecule is C=C1/C(=C\C=C2/CCC[C@@]3(C)C2CCC3[C@@H](C)/C=C/C(O)C2CC2)CC(OCNCCCCCCNC(=O)OCC2OC(n3ccc(N)nc3=O)C(F)(F)C2O)C[C@@H]1O. The van der Waals surface area contributed by atoms with Crippen LogP contribution in [0.1, 0.15) is 104 Å². The second-order valence-electron chi connectivity index (χ2n) is 17.6. The van der Waals surface area contributed by atoms with Gasteiger partial charge >= 0.3 is 17.7 Å². The van der Waals surface area contributed by atoms with E-state index in [-0.39, 0.29) is 23.4 Å². The zero-order chi connectivity index (χ0) is 42.3. The molecule has 5 aliphatic rings. The summed E-state index contributed by atoms with van der Waals surface area (Å²) in [6.45, 7) is 9.83. The molecule has 7 unspecified atom stereocenters. The minimum absolute atomic E-state index is 0.114. The van der Waals surface area contributed by atoms with Crippen LogP contribution in [0.5, 0.6) is 0 Å². The van der Waals surface area contributed by atoms with Gasteiger partial charge in [0.15, 0.2) is 6.10 Å². The molecular weight excluding hydrogens is 765 g/mol. The van der Waals surface area contributed by atoms with Crippen molar-refractivity contribution >= 4 is 11.9 Å². The number of alkyl halides is 2. The predicted molar refractivity (Wildman–Crippen MR) is 219 cm³/mol. The molecule has 59 heavy (non-hydrogen) atoms. The average Bonchev–Trinajstić information content (AvgIpc) is 3.95. The molecule has 1 amide bonds. The molecule has 1 aromatic rings. The van der Waals surface area contributed by atoms with Gasteiger partial charge in [-0.05, 0) is 117 Å². The molecule has 0 bridgehead atoms. The molecule has 0 radical (unpaired) electrons. The third-order valence-electron chi connectivity index (χ3n) is 13.5. The lowest BCUT2D eigenvalue weighted by atomic mass is 9.61. The second kappa shape index (κ2) is 19.9. The van der Waals surface area contributed by atoms with E-state index in [9.17, 15) is 33.7 Å². The van der Waals surface area contributed by atoms with Gasteiger partial charge in [0.25, 0.3) is 0 Å². The number of unbranched alkanes of at least 4 members (excludes halogenated alkanes) is 3. The molecule has 5 fully saturated rings. The number of fused-ring (bicyclic) bond motifs is 1. The number of nitrogens with one attached hydrogen (secondary N) is 2. The van der Waals surface area contributed by atoms with E-state index in [1.165, 1.54) is 31.3 Å². The van der Waals surface area contributed by atoms with Crippen LogP contribution < -0.4 is 22.1 Å². The summed E-state index contributed by atoms with van der Waals surface area (Å²) in [5, 5.41) is 37.2. The van der Waals surface area contributed by atoms with Crippen LogP contribution in [-0.2, 0) is 14.2 Å². The summed E-state index contributed by atoms with van der Waals surface area (Å²) in [6, 6.07) is 1.16. The number of alkyl carbamates (subject to hydrolysis) is 1. The normalized spacial score (nSPS) is 33.1. The highest BCUT2D eigenvalue weighted by Crippen LogP contribution is 2.59. The molecule has 13 nitrogen and oxygen atoms in total. The molecule has 1 saturated heterocycles. The molecule has 2 heterocycles. The number of nitrogens with zero attached hydrogens (tertiary/aromatic N) is 2. The van der Waals surface area contributed by atoms with Crippen molar-refractivity contribution in [1.82, 2.24) is 20.2 Å². The van der Waals surface area contributed by atoms with Gasteiger partial charge in [0.05, 0.1) is 25.0 Å². The summed E-state index contributed by atoms with van der Waals surface area (Å²) in [5.41, 5.74) is 7.95. The molecule has 4 saturated carbocycles. The number of carbonyl (C=O) groups excluding carboxylic acids is 1. The molecule has 4 aliphatic carbocycles. The van der Waals surface area contributed by atoms with Crippen LogP contribution in [0, 0.1) is 29.1 Å². The van der Waals surface area contributed by atoms with Gasteiger partial charge in [-0.25, -0.2) is 9.59 Å². The lowest BCUT2D eigenvalue weighted by molar-refractivity contribution is -0.140. The first-order valence-corrected chi connectivity index (χ1v) is 21.6. The van der Waals surface area contributed by atoms with Crippen LogP contribution in [0.25, 0.3) is 0 Å². The number of hydrogen-bond acceptors (Lipinski definition) is 11. The van der Waals surface area contributed by atoms with E-state index in [0.717, 1.165) is 68.5 Å². The standard InChI is InChI=1S/C44H65F2N5O8/c1-27(10-17-35(52)30-12-13-30)33-15-16-34-29(9-8-19-43(33,34)3)11-14-31-23-32(24-36(53)28(31)2)58-26-48-20-6-4-5-7-21-49-42(56)57-25-37-39(54)44(45,46)40(59-37)51-22-18-38(47)50-41(51)55/h10-11,14,17-18,22,27,30,32-37,39-40,48,52-54H,2,4-9,12-13,15-16,19-21,23-26H2,1,3H3,(H,49,56)(H2,47,50,55)/b17-10+,29-11+,31-14-/t27-,32?,33?,34?,35?,36-,37?,39?,40?,43+/m0/s1. The minimum Gasteiger partial charge on any atom is -0.447 e. The Morgan fingerprint density at radius 3 is 2.66 bits per heavy atom. The van der Waals surface area contributed by atoms with Crippen molar-refractivity contribution in [3.63, 3.8) is 0 Å². The Hall–Kier alpha value is -3.47. The fraction of sp³-hybridized carbons (Fsp3) is 0.705. The number of anilines is 1. The van der Waals surface area contributed by atoms with Crippen molar-refractivity contribution in [2.75, 3.05) is 32.2 Å². The topological polar surface area (TPSA) is 190 Å². The number of amides is 1. The Bertz CT molecular complexity index is 1770. The molecule has 15 heteroatoms. The van der Waals surface area contributed by atoms with E-state index < -0.39 is 48.9 Å². The number of nitrogen functional groups attached to an aromatic ring is 1. The lowest BCUT2D eigenvalue weighted by Crippen LogP contribution is -2.42. The van der Waals surface area contributed by atoms with Gasteiger partial charge in [-0.3, -0.25) is 9.88 Å². The van der Waals surface area contributed by atoms with E-state index in [0.29, 0.717) is 60.8 Å². The largest absolute Gasteiger partial charge is 0.447 e. The van der Waals surface area contributed by atoms with Crippen LogP contribution in [0.2, 0.25) is 0 Å². The first-order chi connectivity index (χ1) is 28.2. The second-order valence-corrected chi connectivity index (χ2v) is 17.6. The van der Waals surface area contributed by atoms with Gasteiger partial charge in [0, 0.05) is 19.2 Å². The predicted octanol–water partition coefficient (Wildman–Crippen LogP) is 5.68. The fourth-order valence-corrected chi connectivity index (χ4v) is 9.82. The third kappa shape index (κ3) is 11.1. The van der Waals surface area contributed by atoms with Crippen molar-refractivity contribution in [2.24, 2.45) is 29.1 Å². The van der Waals surface area contributed by atoms with Crippen molar-refractivity contribution in [2.45, 2.75) is 140 Å². The Morgan fingerprint density at radius 2 is 1.92 bits per heavy atom. The number of aromatic nitrogens is 2. The van der Waals surface area contributed by atoms with E-state index in [4.69, 9.17) is 19.9 Å².